The van der Waals surface area contributed by atoms with Crippen molar-refractivity contribution in [1.82, 2.24) is 20.1 Å². The van der Waals surface area contributed by atoms with Crippen LogP contribution < -0.4 is 10.6 Å². The summed E-state index contributed by atoms with van der Waals surface area (Å²) in [4.78, 5) is 37.8. The molecule has 2 heterocycles. The zero-order valence-corrected chi connectivity index (χ0v) is 21.0. The molecule has 1 aromatic carbocycles. The minimum Gasteiger partial charge on any atom is -0.465 e. The van der Waals surface area contributed by atoms with E-state index in [0.29, 0.717) is 28.1 Å². The third kappa shape index (κ3) is 6.03. The van der Waals surface area contributed by atoms with E-state index in [1.165, 1.54) is 30.2 Å². The van der Waals surface area contributed by atoms with E-state index >= 15 is 0 Å². The Balaban J connectivity index is 1.71. The van der Waals surface area contributed by atoms with Crippen LogP contribution in [0, 0.1) is 5.92 Å². The van der Waals surface area contributed by atoms with Crippen molar-refractivity contribution >= 4 is 46.6 Å². The van der Waals surface area contributed by atoms with Gasteiger partial charge in [-0.2, -0.15) is 0 Å². The van der Waals surface area contributed by atoms with Crippen LogP contribution in [0.15, 0.2) is 46.9 Å². The molecule has 2 aromatic heterocycles. The van der Waals surface area contributed by atoms with Gasteiger partial charge in [0, 0.05) is 6.54 Å². The number of nitrogens with zero attached hydrogens (tertiary/aromatic N) is 3. The average molecular weight is 502 g/mol. The predicted molar refractivity (Wildman–Crippen MR) is 132 cm³/mol. The summed E-state index contributed by atoms with van der Waals surface area (Å²) in [6, 6.07) is 9.94. The monoisotopic (exact) mass is 501 g/mol. The SMILES string of the molecule is CCn1c(SCC(=O)Nc2ccccc2C(=O)OC)nnc1[C@@H](NC(=O)c1cccs1)C(C)C. The number of anilines is 1. The van der Waals surface area contributed by atoms with Gasteiger partial charge in [0.2, 0.25) is 5.91 Å². The molecule has 0 unspecified atom stereocenters. The van der Waals surface area contributed by atoms with Crippen LogP contribution in [0.1, 0.15) is 52.7 Å². The second-order valence-electron chi connectivity index (χ2n) is 7.63. The minimum absolute atomic E-state index is 0.0710. The number of nitrogens with one attached hydrogen (secondary N) is 2. The molecule has 2 N–H and O–H groups in total. The maximum Gasteiger partial charge on any atom is 0.339 e. The summed E-state index contributed by atoms with van der Waals surface area (Å²) >= 11 is 2.61. The van der Waals surface area contributed by atoms with Crippen LogP contribution in [0.2, 0.25) is 0 Å². The van der Waals surface area contributed by atoms with E-state index in [1.54, 1.807) is 30.3 Å². The fourth-order valence-electron chi connectivity index (χ4n) is 3.28. The van der Waals surface area contributed by atoms with E-state index in [0.717, 1.165) is 0 Å². The average Bonchev–Trinajstić information content (AvgIpc) is 3.51. The van der Waals surface area contributed by atoms with Gasteiger partial charge in [-0.05, 0) is 36.4 Å². The van der Waals surface area contributed by atoms with Gasteiger partial charge in [-0.3, -0.25) is 9.59 Å². The lowest BCUT2D eigenvalue weighted by Crippen LogP contribution is -2.33. The topological polar surface area (TPSA) is 115 Å². The first kappa shape index (κ1) is 25.4. The van der Waals surface area contributed by atoms with Gasteiger partial charge in [0.25, 0.3) is 5.91 Å². The number of ether oxygens (including phenoxy) is 1. The standard InChI is InChI=1S/C23H27N5O4S2/c1-5-28-20(19(14(2)3)25-21(30)17-11-8-12-33-17)26-27-23(28)34-13-18(29)24-16-10-7-6-9-15(16)22(31)32-4/h6-12,14,19H,5,13H2,1-4H3,(H,24,29)(H,25,30)/t19-/m0/s1. The number of thiophene rings is 1. The van der Waals surface area contributed by atoms with Gasteiger partial charge in [0.1, 0.15) is 0 Å². The third-order valence-corrected chi connectivity index (χ3v) is 6.81. The highest BCUT2D eigenvalue weighted by Crippen LogP contribution is 2.26. The lowest BCUT2D eigenvalue weighted by molar-refractivity contribution is -0.113. The Morgan fingerprint density at radius 1 is 1.15 bits per heavy atom. The third-order valence-electron chi connectivity index (χ3n) is 4.98. The summed E-state index contributed by atoms with van der Waals surface area (Å²) in [5.74, 6) is -0.183. The van der Waals surface area contributed by atoms with Crippen LogP contribution in [-0.2, 0) is 16.1 Å². The summed E-state index contributed by atoms with van der Waals surface area (Å²) < 4.78 is 6.67. The largest absolute Gasteiger partial charge is 0.465 e. The molecule has 0 radical (unpaired) electrons. The van der Waals surface area contributed by atoms with E-state index in [2.05, 4.69) is 20.8 Å². The van der Waals surface area contributed by atoms with Gasteiger partial charge in [-0.1, -0.05) is 43.8 Å². The first-order chi connectivity index (χ1) is 16.3. The van der Waals surface area contributed by atoms with Crippen LogP contribution in [0.4, 0.5) is 5.69 Å². The molecular weight excluding hydrogens is 474 g/mol. The molecule has 180 valence electrons. The molecule has 0 aliphatic carbocycles. The molecule has 0 spiro atoms. The first-order valence-corrected chi connectivity index (χ1v) is 12.6. The quantitative estimate of drug-likeness (QED) is 0.319. The lowest BCUT2D eigenvalue weighted by atomic mass is 10.0. The van der Waals surface area contributed by atoms with Crippen molar-refractivity contribution in [2.24, 2.45) is 5.92 Å². The van der Waals surface area contributed by atoms with E-state index in [1.807, 2.05) is 36.8 Å². The Morgan fingerprint density at radius 3 is 2.56 bits per heavy atom. The van der Waals surface area contributed by atoms with Crippen LogP contribution in [0.25, 0.3) is 0 Å². The van der Waals surface area contributed by atoms with Crippen LogP contribution in [0.5, 0.6) is 0 Å². The maximum atomic E-state index is 12.6. The molecule has 3 aromatic rings. The Hall–Kier alpha value is -3.18. The molecule has 2 amide bonds. The van der Waals surface area contributed by atoms with Gasteiger partial charge >= 0.3 is 5.97 Å². The normalized spacial score (nSPS) is 11.8. The zero-order chi connectivity index (χ0) is 24.7. The molecule has 0 bridgehead atoms. The van der Waals surface area contributed by atoms with E-state index in [9.17, 15) is 14.4 Å². The first-order valence-electron chi connectivity index (χ1n) is 10.7. The van der Waals surface area contributed by atoms with Crippen LogP contribution in [-0.4, -0.2) is 45.4 Å². The molecule has 0 fully saturated rings. The van der Waals surface area contributed by atoms with Crippen molar-refractivity contribution in [3.05, 3.63) is 58.0 Å². The number of carbonyl (C=O) groups excluding carboxylic acids is 3. The van der Waals surface area contributed by atoms with Crippen molar-refractivity contribution in [2.45, 2.75) is 38.5 Å². The van der Waals surface area contributed by atoms with E-state index in [-0.39, 0.29) is 35.1 Å². The number of para-hydroxylation sites is 1. The second-order valence-corrected chi connectivity index (χ2v) is 9.52. The highest BCUT2D eigenvalue weighted by molar-refractivity contribution is 7.99. The second kappa shape index (κ2) is 11.8. The Bertz CT molecular complexity index is 1140. The number of hydrogen-bond donors (Lipinski definition) is 2. The van der Waals surface area contributed by atoms with Crippen molar-refractivity contribution in [3.63, 3.8) is 0 Å². The molecule has 1 atom stereocenters. The van der Waals surface area contributed by atoms with Gasteiger partial charge in [0.15, 0.2) is 11.0 Å². The summed E-state index contributed by atoms with van der Waals surface area (Å²) in [5, 5.41) is 16.9. The number of hydrogen-bond acceptors (Lipinski definition) is 8. The maximum absolute atomic E-state index is 12.6. The molecule has 3 rings (SSSR count). The molecule has 9 nitrogen and oxygen atoms in total. The van der Waals surface area contributed by atoms with Crippen molar-refractivity contribution in [1.29, 1.82) is 0 Å². The van der Waals surface area contributed by atoms with Gasteiger partial charge < -0.3 is 19.9 Å². The van der Waals surface area contributed by atoms with Gasteiger partial charge in [-0.25, -0.2) is 4.79 Å². The predicted octanol–water partition coefficient (Wildman–Crippen LogP) is 4.00. The number of aromatic nitrogens is 3. The fourth-order valence-corrected chi connectivity index (χ4v) is 4.72. The molecule has 34 heavy (non-hydrogen) atoms. The Labute approximate surface area is 206 Å². The molecule has 0 aliphatic rings. The molecule has 0 aliphatic heterocycles. The fraction of sp³-hybridized carbons (Fsp3) is 0.348. The number of amides is 2. The Kier molecular flexibility index (Phi) is 8.83. The zero-order valence-electron chi connectivity index (χ0n) is 19.4. The van der Waals surface area contributed by atoms with Crippen LogP contribution in [0.3, 0.4) is 0 Å². The van der Waals surface area contributed by atoms with Gasteiger partial charge in [-0.15, -0.1) is 21.5 Å². The highest BCUT2D eigenvalue weighted by Gasteiger charge is 2.26. The summed E-state index contributed by atoms with van der Waals surface area (Å²) in [5.41, 5.74) is 0.664. The molecular formula is C23H27N5O4S2. The number of methoxy groups -OCH3 is 1. The number of esters is 1. The number of carbonyl (C=O) groups is 3. The van der Waals surface area contributed by atoms with Crippen LogP contribution >= 0.6 is 23.1 Å². The number of benzene rings is 1. The Morgan fingerprint density at radius 2 is 1.91 bits per heavy atom. The minimum atomic E-state index is -0.525. The van der Waals surface area contributed by atoms with Crippen molar-refractivity contribution < 1.29 is 19.1 Å². The molecule has 11 heteroatoms. The summed E-state index contributed by atoms with van der Waals surface area (Å²) in [6.07, 6.45) is 0. The summed E-state index contributed by atoms with van der Waals surface area (Å²) in [6.45, 7) is 6.55. The van der Waals surface area contributed by atoms with E-state index < -0.39 is 5.97 Å². The van der Waals surface area contributed by atoms with E-state index in [4.69, 9.17) is 4.74 Å². The smallest absolute Gasteiger partial charge is 0.339 e. The van der Waals surface area contributed by atoms with Crippen molar-refractivity contribution in [3.8, 4) is 0 Å². The number of thioether (sulfide) groups is 1. The van der Waals surface area contributed by atoms with Gasteiger partial charge in [0.05, 0.1) is 35.0 Å². The lowest BCUT2D eigenvalue weighted by Gasteiger charge is -2.22. The molecule has 0 saturated carbocycles. The number of rotatable bonds is 10. The van der Waals surface area contributed by atoms with Crippen molar-refractivity contribution in [2.75, 3.05) is 18.2 Å². The highest BCUT2D eigenvalue weighted by atomic mass is 32.2. The molecule has 0 saturated heterocycles. The summed E-state index contributed by atoms with van der Waals surface area (Å²) in [7, 11) is 1.29.